The molecular weight excluding hydrogens is 490 g/mol. The van der Waals surface area contributed by atoms with Crippen LogP contribution in [0.25, 0.3) is 0 Å². The van der Waals surface area contributed by atoms with E-state index in [0.29, 0.717) is 11.5 Å². The third-order valence-corrected chi connectivity index (χ3v) is 7.01. The molecule has 2 N–H and O–H groups in total. The number of amides is 2. The number of carbonyl (C=O) groups is 2. The van der Waals surface area contributed by atoms with Crippen LogP contribution in [0.2, 0.25) is 0 Å². The van der Waals surface area contributed by atoms with Gasteiger partial charge in [-0.3, -0.25) is 0 Å². The molecule has 0 bridgehead atoms. The van der Waals surface area contributed by atoms with Gasteiger partial charge in [0.25, 0.3) is 0 Å². The minimum atomic E-state index is -0.601. The quantitative estimate of drug-likeness (QED) is 0.421. The number of hydrogen-bond donors (Lipinski definition) is 2. The number of hydrogen-bond acceptors (Lipinski definition) is 6. The molecule has 1 aromatic rings. The molecule has 3 rings (SSSR count). The molecule has 37 heavy (non-hydrogen) atoms. The lowest BCUT2D eigenvalue weighted by Gasteiger charge is -2.40. The van der Waals surface area contributed by atoms with E-state index in [9.17, 15) is 9.59 Å². The van der Waals surface area contributed by atoms with Crippen molar-refractivity contribution in [2.75, 3.05) is 18.9 Å². The summed E-state index contributed by atoms with van der Waals surface area (Å²) in [6.07, 6.45) is 2.91. The summed E-state index contributed by atoms with van der Waals surface area (Å²) in [6, 6.07) is 5.78. The second-order valence-corrected chi connectivity index (χ2v) is 12.7. The molecule has 1 aliphatic carbocycles. The van der Waals surface area contributed by atoms with E-state index >= 15 is 0 Å². The molecule has 0 aromatic heterocycles. The fraction of sp³-hybridized carbons (Fsp3) is 0.679. The van der Waals surface area contributed by atoms with Crippen LogP contribution in [-0.2, 0) is 9.47 Å². The van der Waals surface area contributed by atoms with Crippen molar-refractivity contribution in [2.24, 2.45) is 11.8 Å². The average molecular weight is 534 g/mol. The molecule has 8 nitrogen and oxygen atoms in total. The molecule has 0 radical (unpaired) electrons. The van der Waals surface area contributed by atoms with Gasteiger partial charge in [0.15, 0.2) is 0 Å². The number of carbonyl (C=O) groups excluding carboxylic acids is 2. The molecule has 4 unspecified atom stereocenters. The lowest BCUT2D eigenvalue weighted by molar-refractivity contribution is 0.0117. The summed E-state index contributed by atoms with van der Waals surface area (Å²) in [6.45, 7) is 13.6. The molecule has 2 amide bonds. The first-order valence-corrected chi connectivity index (χ1v) is 13.6. The van der Waals surface area contributed by atoms with E-state index in [2.05, 4.69) is 10.6 Å². The van der Waals surface area contributed by atoms with Crippen LogP contribution >= 0.6 is 12.2 Å². The fourth-order valence-corrected chi connectivity index (χ4v) is 5.17. The number of ether oxygens (including phenoxy) is 3. The van der Waals surface area contributed by atoms with Crippen LogP contribution in [0.3, 0.4) is 0 Å². The third kappa shape index (κ3) is 8.22. The number of benzene rings is 1. The zero-order valence-electron chi connectivity index (χ0n) is 23.5. The van der Waals surface area contributed by atoms with Crippen LogP contribution in [0, 0.1) is 11.8 Å². The Bertz CT molecular complexity index is 1000. The van der Waals surface area contributed by atoms with Gasteiger partial charge in [-0.05, 0) is 97.3 Å². The average Bonchev–Trinajstić information content (AvgIpc) is 2.77. The molecule has 1 fully saturated rings. The first-order chi connectivity index (χ1) is 17.1. The zero-order chi connectivity index (χ0) is 27.5. The van der Waals surface area contributed by atoms with E-state index in [0.717, 1.165) is 42.7 Å². The Labute approximate surface area is 226 Å². The number of fused-ring (bicyclic) bond motifs is 1. The summed E-state index contributed by atoms with van der Waals surface area (Å²) < 4.78 is 17.1. The Morgan fingerprint density at radius 2 is 1.84 bits per heavy atom. The van der Waals surface area contributed by atoms with Gasteiger partial charge in [0, 0.05) is 13.6 Å². The highest BCUT2D eigenvalue weighted by Crippen LogP contribution is 2.43. The van der Waals surface area contributed by atoms with Crippen molar-refractivity contribution in [2.45, 2.75) is 97.5 Å². The van der Waals surface area contributed by atoms with Crippen LogP contribution in [0.5, 0.6) is 5.75 Å². The Kier molecular flexibility index (Phi) is 8.98. The lowest BCUT2D eigenvalue weighted by Crippen LogP contribution is -2.42. The first kappa shape index (κ1) is 29.0. The smallest absolute Gasteiger partial charge is 0.410 e. The maximum absolute atomic E-state index is 13.2. The minimum Gasteiger partial charge on any atom is -0.481 e. The van der Waals surface area contributed by atoms with Gasteiger partial charge in [0.1, 0.15) is 28.0 Å². The van der Waals surface area contributed by atoms with E-state index in [-0.39, 0.29) is 30.1 Å². The molecule has 4 atom stereocenters. The van der Waals surface area contributed by atoms with Crippen LogP contribution in [0.1, 0.15) is 85.8 Å². The molecular formula is C28H43N3O5S. The summed E-state index contributed by atoms with van der Waals surface area (Å²) >= 11 is 5.42. The summed E-state index contributed by atoms with van der Waals surface area (Å²) in [5.74, 6) is 1.21. The van der Waals surface area contributed by atoms with Crippen molar-refractivity contribution in [3.63, 3.8) is 0 Å². The van der Waals surface area contributed by atoms with Gasteiger partial charge in [-0.1, -0.05) is 24.7 Å². The lowest BCUT2D eigenvalue weighted by atomic mass is 9.75. The molecule has 1 aliphatic heterocycles. The topological polar surface area (TPSA) is 89.1 Å². The van der Waals surface area contributed by atoms with Crippen molar-refractivity contribution in [3.8, 4) is 5.75 Å². The summed E-state index contributed by atoms with van der Waals surface area (Å²) in [5.41, 5.74) is 0.661. The predicted octanol–water partition coefficient (Wildman–Crippen LogP) is 6.45. The van der Waals surface area contributed by atoms with Crippen molar-refractivity contribution in [3.05, 3.63) is 23.8 Å². The molecule has 1 aromatic carbocycles. The number of nitrogens with zero attached hydrogens (tertiary/aromatic N) is 1. The van der Waals surface area contributed by atoms with Crippen molar-refractivity contribution in [1.82, 2.24) is 10.2 Å². The fourth-order valence-electron chi connectivity index (χ4n) is 5.02. The molecule has 9 heteroatoms. The van der Waals surface area contributed by atoms with Gasteiger partial charge < -0.3 is 29.7 Å². The highest BCUT2D eigenvalue weighted by molar-refractivity contribution is 7.80. The van der Waals surface area contributed by atoms with Crippen molar-refractivity contribution >= 4 is 35.1 Å². The van der Waals surface area contributed by atoms with Crippen LogP contribution in [0.4, 0.5) is 15.3 Å². The van der Waals surface area contributed by atoms with Gasteiger partial charge >= 0.3 is 12.2 Å². The van der Waals surface area contributed by atoms with Gasteiger partial charge in [-0.15, -0.1) is 0 Å². The van der Waals surface area contributed by atoms with Gasteiger partial charge in [0.2, 0.25) is 0 Å². The molecule has 0 saturated heterocycles. The van der Waals surface area contributed by atoms with Crippen LogP contribution in [-0.4, -0.2) is 53.0 Å². The Balaban J connectivity index is 1.83. The second kappa shape index (κ2) is 11.5. The predicted molar refractivity (Wildman–Crippen MR) is 149 cm³/mol. The van der Waals surface area contributed by atoms with Gasteiger partial charge in [0.05, 0.1) is 11.7 Å². The Morgan fingerprint density at radius 1 is 1.16 bits per heavy atom. The van der Waals surface area contributed by atoms with Crippen LogP contribution in [0.15, 0.2) is 18.2 Å². The molecule has 1 heterocycles. The van der Waals surface area contributed by atoms with E-state index in [4.69, 9.17) is 26.4 Å². The standard InChI is InChI=1S/C28H43N3O5S/c1-17-24(37)30-21-15-20(12-13-22(21)34-17)23(31(8)26(33)36-28(5,6)7)19-11-9-10-18(14-19)16-29-25(32)35-27(2,3)4/h12-13,15,17-19,23H,9-11,14,16H2,1-8H3,(H,29,32)(H,30,37). The van der Waals surface area contributed by atoms with Crippen LogP contribution < -0.4 is 15.4 Å². The highest BCUT2D eigenvalue weighted by Gasteiger charge is 2.36. The van der Waals surface area contributed by atoms with E-state index in [1.54, 1.807) is 11.9 Å². The SMILES string of the molecule is CC1Oc2ccc(C(C3CCCC(CNC(=O)OC(C)(C)C)C3)N(C)C(=O)OC(C)(C)C)cc2NC1=S. The second-order valence-electron chi connectivity index (χ2n) is 12.2. The number of alkyl carbamates (subject to hydrolysis) is 1. The van der Waals surface area contributed by atoms with Gasteiger partial charge in [-0.25, -0.2) is 9.59 Å². The number of anilines is 1. The summed E-state index contributed by atoms with van der Waals surface area (Å²) in [7, 11) is 1.80. The number of nitrogens with one attached hydrogen (secondary N) is 2. The molecule has 206 valence electrons. The Hall–Kier alpha value is -2.55. The molecule has 1 saturated carbocycles. The van der Waals surface area contributed by atoms with E-state index in [1.807, 2.05) is 66.7 Å². The summed E-state index contributed by atoms with van der Waals surface area (Å²) in [5, 5.41) is 6.22. The Morgan fingerprint density at radius 3 is 2.49 bits per heavy atom. The van der Waals surface area contributed by atoms with Gasteiger partial charge in [-0.2, -0.15) is 0 Å². The largest absolute Gasteiger partial charge is 0.481 e. The minimum absolute atomic E-state index is 0.185. The highest BCUT2D eigenvalue weighted by atomic mass is 32.1. The first-order valence-electron chi connectivity index (χ1n) is 13.2. The zero-order valence-corrected chi connectivity index (χ0v) is 24.3. The molecule has 0 spiro atoms. The van der Waals surface area contributed by atoms with E-state index in [1.165, 1.54) is 0 Å². The maximum Gasteiger partial charge on any atom is 0.410 e. The number of rotatable bonds is 5. The van der Waals surface area contributed by atoms with Crippen molar-refractivity contribution < 1.29 is 23.8 Å². The number of thiocarbonyl (C=S) groups is 1. The third-order valence-electron chi connectivity index (χ3n) is 6.58. The van der Waals surface area contributed by atoms with Crippen molar-refractivity contribution in [1.29, 1.82) is 0 Å². The maximum atomic E-state index is 13.2. The normalized spacial score (nSPS) is 22.6. The molecule has 2 aliphatic rings. The monoisotopic (exact) mass is 533 g/mol. The van der Waals surface area contributed by atoms with E-state index < -0.39 is 17.3 Å². The summed E-state index contributed by atoms with van der Waals surface area (Å²) in [4.78, 5) is 27.8.